The van der Waals surface area contributed by atoms with Crippen molar-refractivity contribution >= 4 is 11.6 Å². The van der Waals surface area contributed by atoms with E-state index >= 15 is 0 Å². The Kier molecular flexibility index (Phi) is 4.97. The van der Waals surface area contributed by atoms with Gasteiger partial charge in [-0.1, -0.05) is 0 Å². The first-order valence-corrected chi connectivity index (χ1v) is 9.42. The smallest absolute Gasteiger partial charge is 0.253 e. The molecule has 2 aromatic rings. The van der Waals surface area contributed by atoms with Crippen molar-refractivity contribution in [1.29, 1.82) is 0 Å². The van der Waals surface area contributed by atoms with Crippen LogP contribution in [0.15, 0.2) is 36.8 Å². The SMILES string of the molecule is Cn1cncc1CN1CCCC2(CC1)CN(c1ccc(F)cc1)C(=O)CO2. The van der Waals surface area contributed by atoms with Crippen LogP contribution in [-0.4, -0.2) is 52.2 Å². The number of anilines is 1. The maximum Gasteiger partial charge on any atom is 0.253 e. The number of hydrogen-bond acceptors (Lipinski definition) is 4. The third-order valence-corrected chi connectivity index (χ3v) is 5.68. The molecule has 7 heteroatoms. The van der Waals surface area contributed by atoms with Gasteiger partial charge in [0.1, 0.15) is 12.4 Å². The third-order valence-electron chi connectivity index (χ3n) is 5.68. The minimum absolute atomic E-state index is 0.0665. The Morgan fingerprint density at radius 3 is 2.78 bits per heavy atom. The van der Waals surface area contributed by atoms with Gasteiger partial charge < -0.3 is 14.2 Å². The van der Waals surface area contributed by atoms with Crippen LogP contribution >= 0.6 is 0 Å². The van der Waals surface area contributed by atoms with E-state index in [0.717, 1.165) is 44.6 Å². The number of likely N-dealkylation sites (tertiary alicyclic amines) is 1. The van der Waals surface area contributed by atoms with Gasteiger partial charge in [0, 0.05) is 32.0 Å². The number of benzene rings is 1. The molecular formula is C20H25FN4O2. The molecule has 2 aliphatic heterocycles. The van der Waals surface area contributed by atoms with Crippen LogP contribution in [0.2, 0.25) is 0 Å². The van der Waals surface area contributed by atoms with E-state index in [-0.39, 0.29) is 23.9 Å². The normalized spacial score (nSPS) is 24.4. The van der Waals surface area contributed by atoms with Crippen LogP contribution in [0.25, 0.3) is 0 Å². The molecule has 2 aliphatic rings. The Morgan fingerprint density at radius 1 is 1.22 bits per heavy atom. The van der Waals surface area contributed by atoms with Crippen molar-refractivity contribution in [2.75, 3.05) is 31.1 Å². The first-order chi connectivity index (χ1) is 13.0. The summed E-state index contributed by atoms with van der Waals surface area (Å²) in [6.07, 6.45) is 6.54. The monoisotopic (exact) mass is 372 g/mol. The van der Waals surface area contributed by atoms with Crippen LogP contribution in [0.4, 0.5) is 10.1 Å². The fourth-order valence-electron chi connectivity index (χ4n) is 4.02. The highest BCUT2D eigenvalue weighted by Gasteiger charge is 2.41. The molecule has 2 saturated heterocycles. The van der Waals surface area contributed by atoms with Crippen LogP contribution in [0.5, 0.6) is 0 Å². The van der Waals surface area contributed by atoms with E-state index in [1.165, 1.54) is 17.8 Å². The zero-order valence-corrected chi connectivity index (χ0v) is 15.6. The van der Waals surface area contributed by atoms with Gasteiger partial charge in [-0.3, -0.25) is 9.69 Å². The summed E-state index contributed by atoms with van der Waals surface area (Å²) in [4.78, 5) is 20.8. The fourth-order valence-corrected chi connectivity index (χ4v) is 4.02. The van der Waals surface area contributed by atoms with E-state index in [1.807, 2.05) is 24.1 Å². The zero-order valence-electron chi connectivity index (χ0n) is 15.6. The van der Waals surface area contributed by atoms with Crippen LogP contribution in [-0.2, 0) is 23.1 Å². The Bertz CT molecular complexity index is 807. The number of rotatable bonds is 3. The predicted molar refractivity (Wildman–Crippen MR) is 99.8 cm³/mol. The first kappa shape index (κ1) is 18.1. The number of imidazole rings is 1. The number of carbonyl (C=O) groups is 1. The molecule has 2 fully saturated rings. The van der Waals surface area contributed by atoms with Gasteiger partial charge >= 0.3 is 0 Å². The van der Waals surface area contributed by atoms with Gasteiger partial charge in [0.25, 0.3) is 5.91 Å². The lowest BCUT2D eigenvalue weighted by molar-refractivity contribution is -0.140. The van der Waals surface area contributed by atoms with E-state index < -0.39 is 0 Å². The van der Waals surface area contributed by atoms with E-state index in [9.17, 15) is 9.18 Å². The second-order valence-electron chi connectivity index (χ2n) is 7.55. The fraction of sp³-hybridized carbons (Fsp3) is 0.500. The molecule has 1 spiro atoms. The van der Waals surface area contributed by atoms with Crippen molar-refractivity contribution in [3.8, 4) is 0 Å². The lowest BCUT2D eigenvalue weighted by Crippen LogP contribution is -2.55. The number of ether oxygens (including phenoxy) is 1. The van der Waals surface area contributed by atoms with Gasteiger partial charge in [0.2, 0.25) is 0 Å². The topological polar surface area (TPSA) is 50.6 Å². The Labute approximate surface area is 158 Å². The number of halogens is 1. The average molecular weight is 372 g/mol. The van der Waals surface area contributed by atoms with Crippen molar-refractivity contribution in [3.05, 3.63) is 48.3 Å². The summed E-state index contributed by atoms with van der Waals surface area (Å²) in [7, 11) is 2.01. The molecule has 144 valence electrons. The summed E-state index contributed by atoms with van der Waals surface area (Å²) in [5, 5.41) is 0. The molecular weight excluding hydrogens is 347 g/mol. The van der Waals surface area contributed by atoms with Crippen LogP contribution in [0, 0.1) is 5.82 Å². The molecule has 0 aliphatic carbocycles. The standard InChI is InChI=1S/C20H25FN4O2/c1-23-15-22-11-18(23)12-24-9-2-7-20(8-10-24)14-25(19(26)13-27-20)17-5-3-16(21)4-6-17/h3-6,11,15H,2,7-10,12-14H2,1H3. The maximum absolute atomic E-state index is 13.2. The largest absolute Gasteiger partial charge is 0.363 e. The average Bonchev–Trinajstić information content (AvgIpc) is 2.96. The highest BCUT2D eigenvalue weighted by atomic mass is 19.1. The molecule has 0 bridgehead atoms. The minimum atomic E-state index is -0.330. The summed E-state index contributed by atoms with van der Waals surface area (Å²) >= 11 is 0. The molecule has 1 aromatic heterocycles. The van der Waals surface area contributed by atoms with Crippen LogP contribution in [0.1, 0.15) is 25.0 Å². The number of nitrogens with zero attached hydrogens (tertiary/aromatic N) is 4. The molecule has 0 saturated carbocycles. The molecule has 27 heavy (non-hydrogen) atoms. The highest BCUT2D eigenvalue weighted by Crippen LogP contribution is 2.33. The molecule has 1 atom stereocenters. The van der Waals surface area contributed by atoms with Gasteiger partial charge in [0.05, 0.1) is 24.2 Å². The van der Waals surface area contributed by atoms with E-state index in [0.29, 0.717) is 6.54 Å². The first-order valence-electron chi connectivity index (χ1n) is 9.42. The van der Waals surface area contributed by atoms with Crippen molar-refractivity contribution in [1.82, 2.24) is 14.5 Å². The van der Waals surface area contributed by atoms with Crippen LogP contribution < -0.4 is 4.90 Å². The summed E-state index contributed by atoms with van der Waals surface area (Å²) < 4.78 is 21.4. The van der Waals surface area contributed by atoms with Gasteiger partial charge in [-0.2, -0.15) is 0 Å². The highest BCUT2D eigenvalue weighted by molar-refractivity contribution is 5.95. The zero-order chi connectivity index (χ0) is 18.9. The van der Waals surface area contributed by atoms with Crippen LogP contribution in [0.3, 0.4) is 0 Å². The van der Waals surface area contributed by atoms with Gasteiger partial charge in [-0.05, 0) is 50.1 Å². The lowest BCUT2D eigenvalue weighted by atomic mass is 9.92. The minimum Gasteiger partial charge on any atom is -0.363 e. The van der Waals surface area contributed by atoms with Gasteiger partial charge in [-0.25, -0.2) is 9.37 Å². The second-order valence-corrected chi connectivity index (χ2v) is 7.55. The van der Waals surface area contributed by atoms with Crippen molar-refractivity contribution < 1.29 is 13.9 Å². The molecule has 0 radical (unpaired) electrons. The Morgan fingerprint density at radius 2 is 2.04 bits per heavy atom. The quantitative estimate of drug-likeness (QED) is 0.830. The molecule has 1 unspecified atom stereocenters. The molecule has 6 nitrogen and oxygen atoms in total. The molecule has 0 N–H and O–H groups in total. The van der Waals surface area contributed by atoms with Gasteiger partial charge in [0.15, 0.2) is 0 Å². The van der Waals surface area contributed by atoms with E-state index in [1.54, 1.807) is 17.0 Å². The lowest BCUT2D eigenvalue weighted by Gasteiger charge is -2.42. The molecule has 3 heterocycles. The van der Waals surface area contributed by atoms with E-state index in [2.05, 4.69) is 9.88 Å². The number of carbonyl (C=O) groups excluding carboxylic acids is 1. The Hall–Kier alpha value is -2.25. The molecule has 4 rings (SSSR count). The number of aryl methyl sites for hydroxylation is 1. The van der Waals surface area contributed by atoms with E-state index in [4.69, 9.17) is 4.74 Å². The predicted octanol–water partition coefficient (Wildman–Crippen LogP) is 2.35. The molecule has 1 aromatic carbocycles. The summed E-state index contributed by atoms with van der Waals surface area (Å²) in [6.45, 7) is 3.39. The number of morpholine rings is 1. The summed E-state index contributed by atoms with van der Waals surface area (Å²) in [5.41, 5.74) is 1.60. The molecule has 1 amide bonds. The summed E-state index contributed by atoms with van der Waals surface area (Å²) in [5.74, 6) is -0.363. The number of hydrogen-bond donors (Lipinski definition) is 0. The van der Waals surface area contributed by atoms with Crippen molar-refractivity contribution in [3.63, 3.8) is 0 Å². The number of amides is 1. The Balaban J connectivity index is 1.45. The third kappa shape index (κ3) is 3.89. The van der Waals surface area contributed by atoms with Crippen molar-refractivity contribution in [2.45, 2.75) is 31.4 Å². The van der Waals surface area contributed by atoms with Crippen molar-refractivity contribution in [2.24, 2.45) is 7.05 Å². The number of aromatic nitrogens is 2. The van der Waals surface area contributed by atoms with Gasteiger partial charge in [-0.15, -0.1) is 0 Å². The second kappa shape index (κ2) is 7.40. The maximum atomic E-state index is 13.2. The summed E-state index contributed by atoms with van der Waals surface area (Å²) in [6, 6.07) is 6.12.